The zero-order chi connectivity index (χ0) is 12.2. The fourth-order valence-electron chi connectivity index (χ4n) is 2.19. The Kier molecular flexibility index (Phi) is 4.65. The molecule has 0 saturated heterocycles. The van der Waals surface area contributed by atoms with Gasteiger partial charge in [0.1, 0.15) is 0 Å². The van der Waals surface area contributed by atoms with Gasteiger partial charge in [0.05, 0.1) is 13.5 Å². The molecule has 16 heavy (non-hydrogen) atoms. The summed E-state index contributed by atoms with van der Waals surface area (Å²) < 4.78 is 31.8. The molecular weight excluding hydrogens is 216 g/mol. The van der Waals surface area contributed by atoms with E-state index in [0.29, 0.717) is 12.8 Å². The summed E-state index contributed by atoms with van der Waals surface area (Å²) in [7, 11) is 1.21. The number of nitrogens with two attached hydrogens (primary N) is 1. The first-order valence-electron chi connectivity index (χ1n) is 5.66. The molecule has 1 aliphatic rings. The second-order valence-corrected chi connectivity index (χ2v) is 4.46. The second-order valence-electron chi connectivity index (χ2n) is 4.46. The van der Waals surface area contributed by atoms with Gasteiger partial charge in [-0.25, -0.2) is 8.78 Å². The van der Waals surface area contributed by atoms with Crippen LogP contribution in [0.15, 0.2) is 0 Å². The minimum Gasteiger partial charge on any atom is -0.469 e. The molecular formula is C11H19F2NO2. The molecule has 1 rings (SSSR count). The zero-order valence-electron chi connectivity index (χ0n) is 9.55. The molecule has 2 unspecified atom stereocenters. The highest BCUT2D eigenvalue weighted by Crippen LogP contribution is 2.39. The number of hydrogen-bond donors (Lipinski definition) is 1. The van der Waals surface area contributed by atoms with Crippen LogP contribution in [0.3, 0.4) is 0 Å². The second kappa shape index (κ2) is 5.57. The lowest BCUT2D eigenvalue weighted by Crippen LogP contribution is -2.38. The lowest BCUT2D eigenvalue weighted by molar-refractivity contribution is -0.144. The molecule has 0 aromatic rings. The van der Waals surface area contributed by atoms with Crippen LogP contribution in [0.4, 0.5) is 8.78 Å². The summed E-state index contributed by atoms with van der Waals surface area (Å²) in [5.74, 6) is -4.06. The van der Waals surface area contributed by atoms with Gasteiger partial charge in [-0.05, 0) is 19.3 Å². The minimum absolute atomic E-state index is 0.122. The fourth-order valence-corrected chi connectivity index (χ4v) is 2.19. The third-order valence-corrected chi connectivity index (χ3v) is 3.20. The van der Waals surface area contributed by atoms with Crippen molar-refractivity contribution < 1.29 is 18.3 Å². The Morgan fingerprint density at radius 1 is 1.50 bits per heavy atom. The number of methoxy groups -OCH3 is 1. The maximum atomic E-state index is 13.7. The first-order valence-corrected chi connectivity index (χ1v) is 5.66. The van der Waals surface area contributed by atoms with Crippen molar-refractivity contribution in [2.24, 2.45) is 11.7 Å². The molecule has 0 amide bonds. The molecule has 0 heterocycles. The van der Waals surface area contributed by atoms with Crippen molar-refractivity contribution in [2.45, 2.75) is 50.5 Å². The molecule has 1 aliphatic carbocycles. The average Bonchev–Trinajstić information content (AvgIpc) is 2.26. The third-order valence-electron chi connectivity index (χ3n) is 3.20. The molecule has 5 heteroatoms. The molecule has 0 bridgehead atoms. The van der Waals surface area contributed by atoms with Gasteiger partial charge in [-0.3, -0.25) is 4.79 Å². The van der Waals surface area contributed by atoms with Gasteiger partial charge in [0.25, 0.3) is 5.92 Å². The van der Waals surface area contributed by atoms with Crippen LogP contribution in [-0.2, 0) is 9.53 Å². The Hall–Kier alpha value is -0.710. The molecule has 0 aromatic heterocycles. The molecule has 0 aromatic carbocycles. The highest BCUT2D eigenvalue weighted by Gasteiger charge is 2.41. The highest BCUT2D eigenvalue weighted by molar-refractivity contribution is 5.69. The van der Waals surface area contributed by atoms with Crippen molar-refractivity contribution in [3.63, 3.8) is 0 Å². The highest BCUT2D eigenvalue weighted by atomic mass is 19.3. The van der Waals surface area contributed by atoms with Crippen LogP contribution in [0, 0.1) is 5.92 Å². The first-order chi connectivity index (χ1) is 7.45. The molecule has 2 N–H and O–H groups in total. The Morgan fingerprint density at radius 2 is 2.19 bits per heavy atom. The Morgan fingerprint density at radius 3 is 2.75 bits per heavy atom. The summed E-state index contributed by atoms with van der Waals surface area (Å²) in [5.41, 5.74) is 5.68. The number of rotatable bonds is 4. The number of carbonyl (C=O) groups excluding carboxylic acids is 1. The summed E-state index contributed by atoms with van der Waals surface area (Å²) >= 11 is 0. The molecule has 0 radical (unpaired) electrons. The van der Waals surface area contributed by atoms with Crippen LogP contribution in [0.2, 0.25) is 0 Å². The summed E-state index contributed by atoms with van der Waals surface area (Å²) in [6.45, 7) is 0. The van der Waals surface area contributed by atoms with Crippen LogP contribution < -0.4 is 5.73 Å². The smallest absolute Gasteiger partial charge is 0.305 e. The van der Waals surface area contributed by atoms with Gasteiger partial charge in [-0.2, -0.15) is 0 Å². The first kappa shape index (κ1) is 13.4. The van der Waals surface area contributed by atoms with E-state index >= 15 is 0 Å². The van der Waals surface area contributed by atoms with Crippen molar-refractivity contribution in [3.8, 4) is 0 Å². The lowest BCUT2D eigenvalue weighted by Gasteiger charge is -2.32. The van der Waals surface area contributed by atoms with Crippen LogP contribution >= 0.6 is 0 Å². The van der Waals surface area contributed by atoms with Crippen molar-refractivity contribution in [3.05, 3.63) is 0 Å². The fraction of sp³-hybridized carbons (Fsp3) is 0.909. The predicted octanol–water partition coefficient (Wildman–Crippen LogP) is 2.09. The van der Waals surface area contributed by atoms with E-state index in [1.165, 1.54) is 7.11 Å². The van der Waals surface area contributed by atoms with Crippen LogP contribution in [0.5, 0.6) is 0 Å². The van der Waals surface area contributed by atoms with Crippen LogP contribution in [-0.4, -0.2) is 25.0 Å². The largest absolute Gasteiger partial charge is 0.469 e. The van der Waals surface area contributed by atoms with E-state index in [2.05, 4.69) is 4.74 Å². The Balaban J connectivity index is 2.45. The quantitative estimate of drug-likeness (QED) is 0.759. The molecule has 94 valence electrons. The monoisotopic (exact) mass is 235 g/mol. The topological polar surface area (TPSA) is 52.3 Å². The maximum absolute atomic E-state index is 13.7. The normalized spacial score (nSPS) is 26.5. The van der Waals surface area contributed by atoms with E-state index in [9.17, 15) is 13.6 Å². The van der Waals surface area contributed by atoms with Crippen molar-refractivity contribution in [2.75, 3.05) is 7.11 Å². The van der Waals surface area contributed by atoms with E-state index in [1.807, 2.05) is 0 Å². The van der Waals surface area contributed by atoms with E-state index in [-0.39, 0.29) is 12.5 Å². The van der Waals surface area contributed by atoms with E-state index in [0.717, 1.165) is 12.8 Å². The van der Waals surface area contributed by atoms with Crippen molar-refractivity contribution >= 4 is 5.97 Å². The predicted molar refractivity (Wildman–Crippen MR) is 56.1 cm³/mol. The molecule has 1 saturated carbocycles. The number of carbonyl (C=O) groups is 1. The van der Waals surface area contributed by atoms with Gasteiger partial charge in [-0.15, -0.1) is 0 Å². The Bertz CT molecular complexity index is 246. The summed E-state index contributed by atoms with van der Waals surface area (Å²) in [5, 5.41) is 0. The number of ether oxygens (including phenoxy) is 1. The maximum Gasteiger partial charge on any atom is 0.305 e. The summed E-state index contributed by atoms with van der Waals surface area (Å²) in [4.78, 5) is 10.8. The van der Waals surface area contributed by atoms with E-state index in [1.54, 1.807) is 0 Å². The van der Waals surface area contributed by atoms with Gasteiger partial charge < -0.3 is 10.5 Å². The summed E-state index contributed by atoms with van der Waals surface area (Å²) in [6, 6.07) is -0.122. The van der Waals surface area contributed by atoms with E-state index in [4.69, 9.17) is 5.73 Å². The minimum atomic E-state index is -2.80. The van der Waals surface area contributed by atoms with Crippen molar-refractivity contribution in [1.29, 1.82) is 0 Å². The number of halogens is 2. The van der Waals surface area contributed by atoms with Crippen LogP contribution in [0.1, 0.15) is 38.5 Å². The van der Waals surface area contributed by atoms with Gasteiger partial charge in [-0.1, -0.05) is 6.42 Å². The number of esters is 1. The van der Waals surface area contributed by atoms with Gasteiger partial charge >= 0.3 is 5.97 Å². The van der Waals surface area contributed by atoms with Gasteiger partial charge in [0, 0.05) is 18.4 Å². The summed E-state index contributed by atoms with van der Waals surface area (Å²) in [6.07, 6.45) is 1.77. The zero-order valence-corrected chi connectivity index (χ0v) is 9.55. The molecule has 3 nitrogen and oxygen atoms in total. The van der Waals surface area contributed by atoms with Crippen molar-refractivity contribution in [1.82, 2.24) is 0 Å². The molecule has 2 atom stereocenters. The average molecular weight is 235 g/mol. The molecule has 1 fully saturated rings. The molecule has 0 aliphatic heterocycles. The number of hydrogen-bond acceptors (Lipinski definition) is 3. The Labute approximate surface area is 94.3 Å². The molecule has 0 spiro atoms. The van der Waals surface area contributed by atoms with E-state index < -0.39 is 24.2 Å². The van der Waals surface area contributed by atoms with Gasteiger partial charge in [0.2, 0.25) is 0 Å². The SMILES string of the molecule is COC(=O)CCC(F)(F)C1CCCC(N)C1. The van der Waals surface area contributed by atoms with Gasteiger partial charge in [0.15, 0.2) is 0 Å². The number of alkyl halides is 2. The standard InChI is InChI=1S/C11H19F2NO2/c1-16-10(15)5-6-11(12,13)8-3-2-4-9(14)7-8/h8-9H,2-7,14H2,1H3. The lowest BCUT2D eigenvalue weighted by atomic mass is 9.81. The third kappa shape index (κ3) is 3.70. The van der Waals surface area contributed by atoms with Crippen LogP contribution in [0.25, 0.3) is 0 Å².